The molecule has 2 rings (SSSR count). The number of carbonyl (C=O) groups is 2. The number of hydrogen-bond donors (Lipinski definition) is 0. The number of likely N-dealkylation sites (N-methyl/N-ethyl adjacent to an activating group) is 1. The summed E-state index contributed by atoms with van der Waals surface area (Å²) in [5, 5.41) is 0. The zero-order valence-electron chi connectivity index (χ0n) is 11.9. The van der Waals surface area contributed by atoms with E-state index in [9.17, 15) is 9.59 Å². The summed E-state index contributed by atoms with van der Waals surface area (Å²) < 4.78 is 0. The zero-order valence-corrected chi connectivity index (χ0v) is 11.9. The van der Waals surface area contributed by atoms with Crippen molar-refractivity contribution < 1.29 is 9.59 Å². The van der Waals surface area contributed by atoms with Crippen LogP contribution in [0.3, 0.4) is 0 Å². The topological polar surface area (TPSA) is 40.6 Å². The van der Waals surface area contributed by atoms with E-state index in [0.717, 1.165) is 18.7 Å². The third-order valence-electron chi connectivity index (χ3n) is 3.57. The summed E-state index contributed by atoms with van der Waals surface area (Å²) in [6.07, 6.45) is 1.11. The summed E-state index contributed by atoms with van der Waals surface area (Å²) >= 11 is 0. The van der Waals surface area contributed by atoms with Crippen LogP contribution in [0.5, 0.6) is 0 Å². The van der Waals surface area contributed by atoms with Crippen molar-refractivity contribution in [1.29, 1.82) is 0 Å². The Hall–Kier alpha value is -1.84. The van der Waals surface area contributed by atoms with E-state index >= 15 is 0 Å². The number of ketones is 1. The minimum Gasteiger partial charge on any atom is -0.375 e. The molecule has 0 aliphatic carbocycles. The highest BCUT2D eigenvalue weighted by Gasteiger charge is 2.33. The number of fused-ring (bicyclic) bond motifs is 1. The highest BCUT2D eigenvalue weighted by atomic mass is 16.2. The SMILES string of the molecule is CC(C)CCN(C)c1ccc2c(c1)N(C)C(=O)C2=O. The predicted molar refractivity (Wildman–Crippen MR) is 76.9 cm³/mol. The second-order valence-corrected chi connectivity index (χ2v) is 5.50. The third kappa shape index (κ3) is 2.48. The van der Waals surface area contributed by atoms with E-state index in [0.29, 0.717) is 17.2 Å². The molecule has 1 aromatic rings. The first-order valence-corrected chi connectivity index (χ1v) is 6.59. The summed E-state index contributed by atoms with van der Waals surface area (Å²) in [4.78, 5) is 26.9. The van der Waals surface area contributed by atoms with Gasteiger partial charge in [-0.05, 0) is 30.5 Å². The fourth-order valence-electron chi connectivity index (χ4n) is 2.18. The highest BCUT2D eigenvalue weighted by molar-refractivity contribution is 6.52. The lowest BCUT2D eigenvalue weighted by Gasteiger charge is -2.21. The van der Waals surface area contributed by atoms with E-state index in [-0.39, 0.29) is 0 Å². The van der Waals surface area contributed by atoms with Gasteiger partial charge in [-0.15, -0.1) is 0 Å². The van der Waals surface area contributed by atoms with Crippen LogP contribution in [0, 0.1) is 5.92 Å². The molecule has 0 bridgehead atoms. The Morgan fingerprint density at radius 1 is 1.26 bits per heavy atom. The average molecular weight is 260 g/mol. The molecule has 1 amide bonds. The summed E-state index contributed by atoms with van der Waals surface area (Å²) in [7, 11) is 3.67. The Labute approximate surface area is 114 Å². The van der Waals surface area contributed by atoms with Crippen LogP contribution < -0.4 is 9.80 Å². The molecular formula is C15H20N2O2. The van der Waals surface area contributed by atoms with Gasteiger partial charge in [0.1, 0.15) is 0 Å². The maximum Gasteiger partial charge on any atom is 0.299 e. The number of nitrogens with zero attached hydrogens (tertiary/aromatic N) is 2. The molecule has 4 heteroatoms. The van der Waals surface area contributed by atoms with E-state index in [4.69, 9.17) is 0 Å². The molecule has 0 saturated heterocycles. The van der Waals surface area contributed by atoms with Gasteiger partial charge in [0.25, 0.3) is 11.7 Å². The van der Waals surface area contributed by atoms with Crippen molar-refractivity contribution in [2.24, 2.45) is 5.92 Å². The molecule has 1 heterocycles. The van der Waals surface area contributed by atoms with Crippen molar-refractivity contribution in [3.63, 3.8) is 0 Å². The quantitative estimate of drug-likeness (QED) is 0.780. The van der Waals surface area contributed by atoms with Crippen LogP contribution in [0.2, 0.25) is 0 Å². The molecule has 0 atom stereocenters. The van der Waals surface area contributed by atoms with Crippen LogP contribution in [0.25, 0.3) is 0 Å². The summed E-state index contributed by atoms with van der Waals surface area (Å²) in [6.45, 7) is 5.35. The molecule has 0 aromatic heterocycles. The zero-order chi connectivity index (χ0) is 14.2. The largest absolute Gasteiger partial charge is 0.375 e. The van der Waals surface area contributed by atoms with Gasteiger partial charge in [-0.3, -0.25) is 9.59 Å². The fourth-order valence-corrected chi connectivity index (χ4v) is 2.18. The lowest BCUT2D eigenvalue weighted by Crippen LogP contribution is -2.25. The first kappa shape index (κ1) is 13.6. The molecule has 1 aliphatic heterocycles. The summed E-state index contributed by atoms with van der Waals surface area (Å²) in [5.74, 6) is -0.200. The molecule has 0 saturated carbocycles. The summed E-state index contributed by atoms with van der Waals surface area (Å²) in [6, 6.07) is 5.57. The smallest absolute Gasteiger partial charge is 0.299 e. The minimum absolute atomic E-state index is 0.408. The van der Waals surface area contributed by atoms with Gasteiger partial charge in [-0.25, -0.2) is 0 Å². The summed E-state index contributed by atoms with van der Waals surface area (Å²) in [5.41, 5.74) is 2.26. The van der Waals surface area contributed by atoms with Crippen LogP contribution in [-0.4, -0.2) is 32.3 Å². The Bertz CT molecular complexity index is 523. The van der Waals surface area contributed by atoms with Crippen molar-refractivity contribution in [3.05, 3.63) is 23.8 Å². The maximum absolute atomic E-state index is 11.7. The van der Waals surface area contributed by atoms with Crippen molar-refractivity contribution in [2.45, 2.75) is 20.3 Å². The van der Waals surface area contributed by atoms with Crippen LogP contribution in [-0.2, 0) is 4.79 Å². The molecule has 0 unspecified atom stereocenters. The molecule has 1 aromatic carbocycles. The number of benzene rings is 1. The number of carbonyl (C=O) groups excluding carboxylic acids is 2. The van der Waals surface area contributed by atoms with Gasteiger partial charge in [0.2, 0.25) is 0 Å². The van der Waals surface area contributed by atoms with Crippen molar-refractivity contribution in [3.8, 4) is 0 Å². The Balaban J connectivity index is 2.23. The second kappa shape index (κ2) is 5.03. The van der Waals surface area contributed by atoms with Gasteiger partial charge >= 0.3 is 0 Å². The lowest BCUT2D eigenvalue weighted by molar-refractivity contribution is -0.114. The molecule has 0 N–H and O–H groups in total. The van der Waals surface area contributed by atoms with Crippen molar-refractivity contribution in [2.75, 3.05) is 30.4 Å². The Kier molecular flexibility index (Phi) is 3.60. The molecule has 19 heavy (non-hydrogen) atoms. The highest BCUT2D eigenvalue weighted by Crippen LogP contribution is 2.31. The van der Waals surface area contributed by atoms with Gasteiger partial charge in [0.05, 0.1) is 11.3 Å². The third-order valence-corrected chi connectivity index (χ3v) is 3.57. The normalized spacial score (nSPS) is 14.3. The second-order valence-electron chi connectivity index (χ2n) is 5.50. The van der Waals surface area contributed by atoms with Crippen LogP contribution in [0.1, 0.15) is 30.6 Å². The lowest BCUT2D eigenvalue weighted by atomic mass is 10.1. The monoisotopic (exact) mass is 260 g/mol. The molecular weight excluding hydrogens is 240 g/mol. The van der Waals surface area contributed by atoms with Gasteiger partial charge in [-0.1, -0.05) is 13.8 Å². The van der Waals surface area contributed by atoms with Crippen molar-refractivity contribution in [1.82, 2.24) is 0 Å². The van der Waals surface area contributed by atoms with E-state index in [1.165, 1.54) is 4.90 Å². The van der Waals surface area contributed by atoms with E-state index in [1.54, 1.807) is 13.1 Å². The van der Waals surface area contributed by atoms with Gasteiger partial charge < -0.3 is 9.80 Å². The maximum atomic E-state index is 11.7. The number of hydrogen-bond acceptors (Lipinski definition) is 3. The first-order chi connectivity index (χ1) is 8.91. The van der Waals surface area contributed by atoms with Crippen molar-refractivity contribution >= 4 is 23.1 Å². The molecule has 4 nitrogen and oxygen atoms in total. The van der Waals surface area contributed by atoms with E-state index in [1.807, 2.05) is 19.2 Å². The molecule has 102 valence electrons. The Morgan fingerprint density at radius 2 is 1.95 bits per heavy atom. The molecule has 0 spiro atoms. The van der Waals surface area contributed by atoms with Crippen LogP contribution in [0.4, 0.5) is 11.4 Å². The number of Topliss-reactive ketones (excluding diaryl/α,β-unsaturated/α-hetero) is 1. The average Bonchev–Trinajstić information content (AvgIpc) is 2.61. The number of amides is 1. The Morgan fingerprint density at radius 3 is 2.58 bits per heavy atom. The van der Waals surface area contributed by atoms with Gasteiger partial charge in [0, 0.05) is 26.3 Å². The minimum atomic E-state index is -0.447. The van der Waals surface area contributed by atoms with E-state index < -0.39 is 11.7 Å². The molecule has 1 aliphatic rings. The predicted octanol–water partition coefficient (Wildman–Crippen LogP) is 2.33. The molecule has 0 fully saturated rings. The van der Waals surface area contributed by atoms with E-state index in [2.05, 4.69) is 18.7 Å². The van der Waals surface area contributed by atoms with Crippen LogP contribution >= 0.6 is 0 Å². The number of anilines is 2. The molecule has 0 radical (unpaired) electrons. The first-order valence-electron chi connectivity index (χ1n) is 6.59. The standard InChI is InChI=1S/C15H20N2O2/c1-10(2)7-8-16(3)11-5-6-12-13(9-11)17(4)15(19)14(12)18/h5-6,9-10H,7-8H2,1-4H3. The number of rotatable bonds is 4. The fraction of sp³-hybridized carbons (Fsp3) is 0.467. The van der Waals surface area contributed by atoms with Crippen LogP contribution in [0.15, 0.2) is 18.2 Å². The van der Waals surface area contributed by atoms with Gasteiger partial charge in [0.15, 0.2) is 0 Å². The van der Waals surface area contributed by atoms with Gasteiger partial charge in [-0.2, -0.15) is 0 Å².